The smallest absolute Gasteiger partial charge is 0.305 e. The van der Waals surface area contributed by atoms with Gasteiger partial charge in [0.05, 0.1) is 7.11 Å². The lowest BCUT2D eigenvalue weighted by atomic mass is 9.99. The minimum Gasteiger partial charge on any atom is -0.469 e. The van der Waals surface area contributed by atoms with E-state index >= 15 is 0 Å². The van der Waals surface area contributed by atoms with Crippen LogP contribution in [0.15, 0.2) is 6.07 Å². The van der Waals surface area contributed by atoms with Gasteiger partial charge in [0, 0.05) is 16.2 Å². The van der Waals surface area contributed by atoms with Gasteiger partial charge in [-0.05, 0) is 56.6 Å². The van der Waals surface area contributed by atoms with Gasteiger partial charge in [0.15, 0.2) is 0 Å². The van der Waals surface area contributed by atoms with Crippen LogP contribution in [0.25, 0.3) is 0 Å². The number of fused-ring (bicyclic) bond motifs is 1. The van der Waals surface area contributed by atoms with Crippen LogP contribution in [0.2, 0.25) is 0 Å². The normalized spacial score (nSPS) is 14.4. The van der Waals surface area contributed by atoms with E-state index in [0.29, 0.717) is 6.42 Å². The summed E-state index contributed by atoms with van der Waals surface area (Å²) in [6, 6.07) is 2.39. The second-order valence-electron chi connectivity index (χ2n) is 4.65. The van der Waals surface area contributed by atoms with E-state index in [0.717, 1.165) is 19.3 Å². The first-order valence-corrected chi connectivity index (χ1v) is 7.28. The van der Waals surface area contributed by atoms with Crippen LogP contribution in [0.5, 0.6) is 0 Å². The average molecular weight is 252 g/mol. The monoisotopic (exact) mass is 252 g/mol. The molecule has 0 atom stereocenters. The first kappa shape index (κ1) is 12.6. The summed E-state index contributed by atoms with van der Waals surface area (Å²) in [5, 5.41) is 0. The molecule has 0 aliphatic heterocycles. The fraction of sp³-hybridized carbons (Fsp3) is 0.643. The predicted molar refractivity (Wildman–Crippen MR) is 70.5 cm³/mol. The standard InChI is InChI=1S/C14H20O2S/c1-16-14(15)9-5-3-7-12-10-11-6-2-4-8-13(11)17-12/h10H,2-9H2,1H3. The maximum Gasteiger partial charge on any atom is 0.305 e. The number of unbranched alkanes of at least 4 members (excludes halogenated alkanes) is 1. The van der Waals surface area contributed by atoms with Gasteiger partial charge in [-0.25, -0.2) is 0 Å². The second-order valence-corrected chi connectivity index (χ2v) is 5.87. The van der Waals surface area contributed by atoms with Gasteiger partial charge in [0.1, 0.15) is 0 Å². The van der Waals surface area contributed by atoms with E-state index in [-0.39, 0.29) is 5.97 Å². The molecule has 0 amide bonds. The molecule has 0 saturated heterocycles. The van der Waals surface area contributed by atoms with Crippen molar-refractivity contribution >= 4 is 17.3 Å². The van der Waals surface area contributed by atoms with Gasteiger partial charge < -0.3 is 4.74 Å². The molecule has 2 nitrogen and oxygen atoms in total. The van der Waals surface area contributed by atoms with Crippen LogP contribution in [-0.2, 0) is 28.8 Å². The number of thiophene rings is 1. The SMILES string of the molecule is COC(=O)CCCCc1cc2c(s1)CCCC2. The number of methoxy groups -OCH3 is 1. The van der Waals surface area contributed by atoms with Crippen LogP contribution in [0.4, 0.5) is 0 Å². The molecule has 0 fully saturated rings. The number of hydrogen-bond acceptors (Lipinski definition) is 3. The van der Waals surface area contributed by atoms with E-state index in [9.17, 15) is 4.79 Å². The lowest BCUT2D eigenvalue weighted by Gasteiger charge is -2.08. The number of ether oxygens (including phenoxy) is 1. The van der Waals surface area contributed by atoms with E-state index in [1.54, 1.807) is 10.4 Å². The quantitative estimate of drug-likeness (QED) is 0.592. The zero-order valence-electron chi connectivity index (χ0n) is 10.5. The Kier molecular flexibility index (Phi) is 4.60. The van der Waals surface area contributed by atoms with Gasteiger partial charge >= 0.3 is 5.97 Å². The first-order chi connectivity index (χ1) is 8.29. The number of carbonyl (C=O) groups is 1. The summed E-state index contributed by atoms with van der Waals surface area (Å²) in [7, 11) is 1.45. The molecule has 0 spiro atoms. The van der Waals surface area contributed by atoms with Crippen molar-refractivity contribution in [2.45, 2.75) is 51.4 Å². The fourth-order valence-electron chi connectivity index (χ4n) is 2.35. The molecule has 0 unspecified atom stereocenters. The van der Waals surface area contributed by atoms with Crippen molar-refractivity contribution < 1.29 is 9.53 Å². The second kappa shape index (κ2) is 6.20. The highest BCUT2D eigenvalue weighted by molar-refractivity contribution is 7.12. The van der Waals surface area contributed by atoms with Gasteiger partial charge in [0.2, 0.25) is 0 Å². The van der Waals surface area contributed by atoms with Crippen LogP contribution in [0.1, 0.15) is 47.4 Å². The van der Waals surface area contributed by atoms with Gasteiger partial charge in [-0.3, -0.25) is 4.79 Å². The van der Waals surface area contributed by atoms with Crippen LogP contribution >= 0.6 is 11.3 Å². The van der Waals surface area contributed by atoms with Crippen LogP contribution in [0.3, 0.4) is 0 Å². The summed E-state index contributed by atoms with van der Waals surface area (Å²) in [6.07, 6.45) is 8.97. The summed E-state index contributed by atoms with van der Waals surface area (Å²) >= 11 is 1.98. The molecule has 1 aliphatic rings. The first-order valence-electron chi connectivity index (χ1n) is 6.47. The van der Waals surface area contributed by atoms with Crippen molar-refractivity contribution in [3.8, 4) is 0 Å². The minimum atomic E-state index is -0.0875. The highest BCUT2D eigenvalue weighted by atomic mass is 32.1. The van der Waals surface area contributed by atoms with Crippen molar-refractivity contribution in [2.24, 2.45) is 0 Å². The van der Waals surface area contributed by atoms with E-state index in [1.165, 1.54) is 37.7 Å². The average Bonchev–Trinajstić information content (AvgIpc) is 2.76. The molecule has 1 aliphatic carbocycles. The summed E-state index contributed by atoms with van der Waals surface area (Å²) in [4.78, 5) is 14.1. The Hall–Kier alpha value is -0.830. The number of esters is 1. The molecule has 3 heteroatoms. The van der Waals surface area contributed by atoms with Crippen LogP contribution in [-0.4, -0.2) is 13.1 Å². The Morgan fingerprint density at radius 1 is 1.35 bits per heavy atom. The van der Waals surface area contributed by atoms with E-state index in [4.69, 9.17) is 0 Å². The topological polar surface area (TPSA) is 26.3 Å². The van der Waals surface area contributed by atoms with Crippen molar-refractivity contribution in [2.75, 3.05) is 7.11 Å². The third-order valence-electron chi connectivity index (χ3n) is 3.33. The third kappa shape index (κ3) is 3.56. The summed E-state index contributed by atoms with van der Waals surface area (Å²) in [6.45, 7) is 0. The van der Waals surface area contributed by atoms with Crippen molar-refractivity contribution in [1.82, 2.24) is 0 Å². The number of hydrogen-bond donors (Lipinski definition) is 0. The van der Waals surface area contributed by atoms with Crippen molar-refractivity contribution in [3.63, 3.8) is 0 Å². The van der Waals surface area contributed by atoms with E-state index in [1.807, 2.05) is 11.3 Å². The third-order valence-corrected chi connectivity index (χ3v) is 4.63. The molecule has 2 rings (SSSR count). The maximum atomic E-state index is 11.0. The van der Waals surface area contributed by atoms with Gasteiger partial charge in [-0.1, -0.05) is 0 Å². The highest BCUT2D eigenvalue weighted by Crippen LogP contribution is 2.30. The lowest BCUT2D eigenvalue weighted by molar-refractivity contribution is -0.140. The van der Waals surface area contributed by atoms with Gasteiger partial charge in [-0.15, -0.1) is 11.3 Å². The molecular formula is C14H20O2S. The van der Waals surface area contributed by atoms with E-state index < -0.39 is 0 Å². The Morgan fingerprint density at radius 2 is 2.18 bits per heavy atom. The Morgan fingerprint density at radius 3 is 2.94 bits per heavy atom. The molecule has 0 radical (unpaired) electrons. The summed E-state index contributed by atoms with van der Waals surface area (Å²) < 4.78 is 4.63. The molecule has 1 aromatic heterocycles. The predicted octanol–water partition coefficient (Wildman–Crippen LogP) is 3.51. The molecule has 0 N–H and O–H groups in total. The Bertz CT molecular complexity index is 358. The van der Waals surface area contributed by atoms with E-state index in [2.05, 4.69) is 10.8 Å². The molecule has 1 aromatic rings. The maximum absolute atomic E-state index is 11.0. The number of rotatable bonds is 5. The van der Waals surface area contributed by atoms with Crippen molar-refractivity contribution in [1.29, 1.82) is 0 Å². The lowest BCUT2D eigenvalue weighted by Crippen LogP contribution is -1.99. The molecule has 94 valence electrons. The zero-order valence-corrected chi connectivity index (χ0v) is 11.3. The van der Waals surface area contributed by atoms with Crippen LogP contribution in [0, 0.1) is 0 Å². The highest BCUT2D eigenvalue weighted by Gasteiger charge is 2.12. The molecule has 0 saturated carbocycles. The van der Waals surface area contributed by atoms with Gasteiger partial charge in [-0.2, -0.15) is 0 Å². The Balaban J connectivity index is 1.75. The molecule has 0 bridgehead atoms. The number of carbonyl (C=O) groups excluding carboxylic acids is 1. The van der Waals surface area contributed by atoms with Gasteiger partial charge in [0.25, 0.3) is 0 Å². The number of aryl methyl sites for hydroxylation is 3. The molecule has 1 heterocycles. The molecular weight excluding hydrogens is 232 g/mol. The molecule has 17 heavy (non-hydrogen) atoms. The largest absolute Gasteiger partial charge is 0.469 e. The minimum absolute atomic E-state index is 0.0875. The fourth-order valence-corrected chi connectivity index (χ4v) is 3.65. The zero-order chi connectivity index (χ0) is 12.1. The summed E-state index contributed by atoms with van der Waals surface area (Å²) in [5.74, 6) is -0.0875. The van der Waals surface area contributed by atoms with Crippen molar-refractivity contribution in [3.05, 3.63) is 21.4 Å². The van der Waals surface area contributed by atoms with Crippen LogP contribution < -0.4 is 0 Å². The Labute approximate surface area is 107 Å². The summed E-state index contributed by atoms with van der Waals surface area (Å²) in [5.41, 5.74) is 1.59. The molecule has 0 aromatic carbocycles.